The number of rotatable bonds is 2. The molecule has 0 fully saturated rings. The fraction of sp³-hybridized carbons (Fsp3) is 0.111. The second kappa shape index (κ2) is 4.58. The van der Waals surface area contributed by atoms with Crippen molar-refractivity contribution in [3.05, 3.63) is 34.3 Å². The largest absolute Gasteiger partial charge is 0.507 e. The van der Waals surface area contributed by atoms with E-state index in [0.29, 0.717) is 5.75 Å². The van der Waals surface area contributed by atoms with Crippen LogP contribution in [0.15, 0.2) is 28.7 Å². The second-order valence-corrected chi connectivity index (χ2v) is 3.57. The van der Waals surface area contributed by atoms with E-state index in [1.54, 1.807) is 6.07 Å². The number of phenolic OH excluding ortho intramolecular Hbond substituents is 1. The zero-order valence-electron chi connectivity index (χ0n) is 6.37. The van der Waals surface area contributed by atoms with Crippen LogP contribution in [0.25, 0.3) is 6.08 Å². The molecule has 3 heteroatoms. The van der Waals surface area contributed by atoms with Gasteiger partial charge in [0.2, 0.25) is 0 Å². The number of hydrogen-bond acceptors (Lipinski definition) is 2. The first-order chi connectivity index (χ1) is 5.74. The molecule has 0 heterocycles. The van der Waals surface area contributed by atoms with Crippen LogP contribution in [0.2, 0.25) is 0 Å². The Morgan fingerprint density at radius 3 is 2.83 bits per heavy atom. The molecule has 0 unspecified atom stereocenters. The summed E-state index contributed by atoms with van der Waals surface area (Å²) in [6, 6.07) is 5.40. The van der Waals surface area contributed by atoms with Gasteiger partial charge in [-0.1, -0.05) is 34.1 Å². The smallest absolute Gasteiger partial charge is 0.123 e. The van der Waals surface area contributed by atoms with Gasteiger partial charge in [0, 0.05) is 15.8 Å². The van der Waals surface area contributed by atoms with Crippen molar-refractivity contribution >= 4 is 34.6 Å². The molecule has 0 aliphatic rings. The Morgan fingerprint density at radius 2 is 2.25 bits per heavy atom. The van der Waals surface area contributed by atoms with Gasteiger partial charge in [-0.15, -0.1) is 0 Å². The van der Waals surface area contributed by atoms with Gasteiger partial charge < -0.3 is 5.11 Å². The number of phenols is 1. The van der Waals surface area contributed by atoms with Gasteiger partial charge in [-0.2, -0.15) is 12.6 Å². The number of thiol groups is 1. The van der Waals surface area contributed by atoms with Crippen LogP contribution in [-0.4, -0.2) is 10.9 Å². The summed E-state index contributed by atoms with van der Waals surface area (Å²) in [6.07, 6.45) is 3.72. The molecule has 1 N–H and O–H groups in total. The van der Waals surface area contributed by atoms with Gasteiger partial charge in [-0.3, -0.25) is 0 Å². The fourth-order valence-electron chi connectivity index (χ4n) is 0.837. The van der Waals surface area contributed by atoms with E-state index in [2.05, 4.69) is 28.6 Å². The summed E-state index contributed by atoms with van der Waals surface area (Å²) in [5.41, 5.74) is 0.812. The molecule has 1 nitrogen and oxygen atoms in total. The Hall–Kier alpha value is -0.410. The standard InChI is InChI=1S/C9H9BrOS/c10-8-4-3-7(2-1-5-12)9(11)6-8/h1-4,6,11-12H,5H2. The monoisotopic (exact) mass is 244 g/mol. The molecule has 1 aromatic carbocycles. The predicted octanol–water partition coefficient (Wildman–Crippen LogP) is 3.10. The van der Waals surface area contributed by atoms with E-state index < -0.39 is 0 Å². The lowest BCUT2D eigenvalue weighted by molar-refractivity contribution is 0.473. The normalized spacial score (nSPS) is 10.8. The highest BCUT2D eigenvalue weighted by atomic mass is 79.9. The number of hydrogen-bond donors (Lipinski definition) is 2. The van der Waals surface area contributed by atoms with E-state index in [-0.39, 0.29) is 5.75 Å². The minimum atomic E-state index is 0.280. The van der Waals surface area contributed by atoms with Crippen LogP contribution in [0, 0.1) is 0 Å². The third-order valence-corrected chi connectivity index (χ3v) is 2.10. The Morgan fingerprint density at radius 1 is 1.50 bits per heavy atom. The van der Waals surface area contributed by atoms with E-state index >= 15 is 0 Å². The molecule has 0 atom stereocenters. The highest BCUT2D eigenvalue weighted by molar-refractivity contribution is 9.10. The topological polar surface area (TPSA) is 20.2 Å². The molecule has 0 amide bonds. The maximum Gasteiger partial charge on any atom is 0.123 e. The summed E-state index contributed by atoms with van der Waals surface area (Å²) in [4.78, 5) is 0. The van der Waals surface area contributed by atoms with Crippen LogP contribution in [0.3, 0.4) is 0 Å². The predicted molar refractivity (Wildman–Crippen MR) is 58.7 cm³/mol. The van der Waals surface area contributed by atoms with Crippen molar-refractivity contribution in [2.75, 3.05) is 5.75 Å². The van der Waals surface area contributed by atoms with Crippen LogP contribution < -0.4 is 0 Å². The summed E-state index contributed by atoms with van der Waals surface area (Å²) in [5, 5.41) is 9.41. The zero-order valence-corrected chi connectivity index (χ0v) is 8.85. The first kappa shape index (κ1) is 9.68. The van der Waals surface area contributed by atoms with E-state index in [9.17, 15) is 5.11 Å². The molecule has 1 rings (SSSR count). The van der Waals surface area contributed by atoms with Gasteiger partial charge in [0.15, 0.2) is 0 Å². The van der Waals surface area contributed by atoms with E-state index in [4.69, 9.17) is 0 Å². The Balaban J connectivity index is 2.94. The maximum atomic E-state index is 9.41. The number of aromatic hydroxyl groups is 1. The van der Waals surface area contributed by atoms with Crippen molar-refractivity contribution in [2.45, 2.75) is 0 Å². The van der Waals surface area contributed by atoms with E-state index in [1.807, 2.05) is 24.3 Å². The van der Waals surface area contributed by atoms with Crippen LogP contribution in [0.1, 0.15) is 5.56 Å². The second-order valence-electron chi connectivity index (χ2n) is 2.29. The fourth-order valence-corrected chi connectivity index (χ4v) is 1.29. The first-order valence-corrected chi connectivity index (χ1v) is 4.92. The van der Waals surface area contributed by atoms with Gasteiger partial charge in [0.05, 0.1) is 0 Å². The molecule has 1 aromatic rings. The molecular formula is C9H9BrOS. The molecule has 0 radical (unpaired) electrons. The van der Waals surface area contributed by atoms with Gasteiger partial charge in [0.25, 0.3) is 0 Å². The van der Waals surface area contributed by atoms with Gasteiger partial charge in [-0.05, 0) is 12.1 Å². The minimum Gasteiger partial charge on any atom is -0.507 e. The first-order valence-electron chi connectivity index (χ1n) is 3.50. The summed E-state index contributed by atoms with van der Waals surface area (Å²) < 4.78 is 0.878. The summed E-state index contributed by atoms with van der Waals surface area (Å²) >= 11 is 7.29. The molecule has 0 aliphatic heterocycles. The molecule has 12 heavy (non-hydrogen) atoms. The SMILES string of the molecule is Oc1cc(Br)ccc1C=CCS. The van der Waals surface area contributed by atoms with Gasteiger partial charge in [-0.25, -0.2) is 0 Å². The molecule has 64 valence electrons. The number of halogens is 1. The van der Waals surface area contributed by atoms with Crippen molar-refractivity contribution in [1.82, 2.24) is 0 Å². The lowest BCUT2D eigenvalue weighted by Crippen LogP contribution is -1.74. The Labute approximate surface area is 85.7 Å². The van der Waals surface area contributed by atoms with E-state index in [0.717, 1.165) is 10.0 Å². The van der Waals surface area contributed by atoms with Crippen LogP contribution >= 0.6 is 28.6 Å². The van der Waals surface area contributed by atoms with Crippen molar-refractivity contribution in [3.8, 4) is 5.75 Å². The average Bonchev–Trinajstić information content (AvgIpc) is 2.03. The van der Waals surface area contributed by atoms with Gasteiger partial charge >= 0.3 is 0 Å². The third kappa shape index (κ3) is 2.57. The van der Waals surface area contributed by atoms with Crippen molar-refractivity contribution in [1.29, 1.82) is 0 Å². The molecule has 0 saturated carbocycles. The minimum absolute atomic E-state index is 0.280. The molecule has 0 spiro atoms. The lowest BCUT2D eigenvalue weighted by Gasteiger charge is -1.98. The highest BCUT2D eigenvalue weighted by Crippen LogP contribution is 2.23. The Bertz CT molecular complexity index is 297. The summed E-state index contributed by atoms with van der Waals surface area (Å²) in [5.74, 6) is 0.956. The molecular weight excluding hydrogens is 236 g/mol. The van der Waals surface area contributed by atoms with E-state index in [1.165, 1.54) is 0 Å². The zero-order chi connectivity index (χ0) is 8.97. The van der Waals surface area contributed by atoms with Crippen LogP contribution in [0.5, 0.6) is 5.75 Å². The quantitative estimate of drug-likeness (QED) is 0.767. The van der Waals surface area contributed by atoms with Crippen molar-refractivity contribution in [3.63, 3.8) is 0 Å². The lowest BCUT2D eigenvalue weighted by atomic mass is 10.2. The molecule has 0 aromatic heterocycles. The highest BCUT2D eigenvalue weighted by Gasteiger charge is 1.96. The molecule has 0 bridgehead atoms. The maximum absolute atomic E-state index is 9.41. The van der Waals surface area contributed by atoms with Crippen molar-refractivity contribution < 1.29 is 5.11 Å². The van der Waals surface area contributed by atoms with Crippen LogP contribution in [0.4, 0.5) is 0 Å². The Kier molecular flexibility index (Phi) is 3.69. The summed E-state index contributed by atoms with van der Waals surface area (Å²) in [6.45, 7) is 0. The van der Waals surface area contributed by atoms with Gasteiger partial charge in [0.1, 0.15) is 5.75 Å². The van der Waals surface area contributed by atoms with Crippen LogP contribution in [-0.2, 0) is 0 Å². The third-order valence-electron chi connectivity index (χ3n) is 1.40. The molecule has 0 aliphatic carbocycles. The summed E-state index contributed by atoms with van der Waals surface area (Å²) in [7, 11) is 0. The average molecular weight is 245 g/mol. The number of benzene rings is 1. The van der Waals surface area contributed by atoms with Crippen molar-refractivity contribution in [2.24, 2.45) is 0 Å². The molecule has 0 saturated heterocycles.